The first-order valence-corrected chi connectivity index (χ1v) is 14.8. The lowest BCUT2D eigenvalue weighted by atomic mass is 9.93. The maximum atomic E-state index is 13.6. The number of carbonyl (C=O) groups excluding carboxylic acids is 2. The van der Waals surface area contributed by atoms with E-state index in [0.29, 0.717) is 4.90 Å². The van der Waals surface area contributed by atoms with E-state index < -0.39 is 122 Å². The second kappa shape index (κ2) is 13.4. The first-order chi connectivity index (χ1) is 21.3. The van der Waals surface area contributed by atoms with E-state index in [1.54, 1.807) is 0 Å². The SMILES string of the molecule is N[C@H]1[C@H](O)O[C@H](CO)C(O[C@@H]2O[C@H](CO)C(O[C@@]3(Br)O[C@H](CO)[C@@H](O)[C@H](O)[C@H]3N)[C@H](O)[C@H]2N2C(=O)c3ccccc3C2=O)[C@@H]1O. The number of hydrogen-bond acceptors (Lipinski definition) is 17. The number of carbonyl (C=O) groups is 2. The number of imide groups is 1. The smallest absolute Gasteiger partial charge is 0.262 e. The molecule has 5 rings (SSSR count). The molecule has 0 saturated carbocycles. The Balaban J connectivity index is 1.52. The number of nitrogens with two attached hydrogens (primary N) is 2. The number of amides is 2. The van der Waals surface area contributed by atoms with Crippen molar-refractivity contribution in [2.24, 2.45) is 11.5 Å². The van der Waals surface area contributed by atoms with Gasteiger partial charge in [0.1, 0.15) is 61.0 Å². The fourth-order valence-electron chi connectivity index (χ4n) is 5.92. The molecule has 45 heavy (non-hydrogen) atoms. The van der Waals surface area contributed by atoms with Crippen LogP contribution in [0.25, 0.3) is 0 Å². The number of hydrogen-bond donors (Lipinski definition) is 10. The van der Waals surface area contributed by atoms with Crippen molar-refractivity contribution in [3.63, 3.8) is 0 Å². The quantitative estimate of drug-likeness (QED) is 0.0888. The van der Waals surface area contributed by atoms with Crippen molar-refractivity contribution in [3.05, 3.63) is 35.4 Å². The van der Waals surface area contributed by atoms with E-state index in [1.165, 1.54) is 24.3 Å². The molecule has 0 radical (unpaired) electrons. The number of alkyl halides is 1. The molecule has 0 bridgehead atoms. The number of aliphatic hydroxyl groups is 8. The molecule has 1 aromatic carbocycles. The molecule has 2 unspecified atom stereocenters. The van der Waals surface area contributed by atoms with Crippen molar-refractivity contribution in [1.29, 1.82) is 0 Å². The van der Waals surface area contributed by atoms with Crippen molar-refractivity contribution in [2.75, 3.05) is 19.8 Å². The van der Waals surface area contributed by atoms with E-state index >= 15 is 0 Å². The fraction of sp³-hybridized carbons (Fsp3) is 0.692. The Morgan fingerprint density at radius 2 is 1.36 bits per heavy atom. The largest absolute Gasteiger partial charge is 0.394 e. The normalized spacial score (nSPS) is 45.5. The summed E-state index contributed by atoms with van der Waals surface area (Å²) in [4.78, 5) is 27.8. The van der Waals surface area contributed by atoms with Gasteiger partial charge in [0.05, 0.1) is 43.0 Å². The molecule has 4 aliphatic rings. The monoisotopic (exact) mass is 709 g/mol. The first kappa shape index (κ1) is 34.6. The van der Waals surface area contributed by atoms with Gasteiger partial charge >= 0.3 is 0 Å². The summed E-state index contributed by atoms with van der Waals surface area (Å²) in [6.07, 6.45) is -18.1. The Kier molecular flexibility index (Phi) is 10.3. The van der Waals surface area contributed by atoms with Gasteiger partial charge in [-0.1, -0.05) is 12.1 Å². The van der Waals surface area contributed by atoms with E-state index in [2.05, 4.69) is 15.9 Å². The third-order valence-electron chi connectivity index (χ3n) is 8.44. The summed E-state index contributed by atoms with van der Waals surface area (Å²) >= 11 is 3.12. The zero-order valence-corrected chi connectivity index (χ0v) is 25.0. The number of aliphatic hydroxyl groups excluding tert-OH is 8. The van der Waals surface area contributed by atoms with Crippen LogP contribution >= 0.6 is 15.9 Å². The van der Waals surface area contributed by atoms with Crippen molar-refractivity contribution in [1.82, 2.24) is 4.90 Å². The summed E-state index contributed by atoms with van der Waals surface area (Å²) in [6, 6.07) is 1.05. The standard InChI is InChI=1S/C26H36BrN3O15/c27-26(21(29)18(37)15(34)10(5-31)44-26)45-20-12(7-33)42-25(43-19-11(6-32)41-24(40)13(28)16(19)35)14(17(20)36)30-22(38)8-3-1-2-4-9(8)23(30)39/h1-4,10-21,24-25,31-37,40H,5-7,28-29H2/t10-,11-,12-,13-,14-,15-,16-,17-,18+,19?,20?,21-,24-,25+,26+/m1/s1. The molecular weight excluding hydrogens is 674 g/mol. The number of ether oxygens (including phenoxy) is 5. The summed E-state index contributed by atoms with van der Waals surface area (Å²) < 4.78 is 26.4. The Hall–Kier alpha value is -1.76. The molecule has 0 aliphatic carbocycles. The van der Waals surface area contributed by atoms with Gasteiger partial charge in [0.25, 0.3) is 11.8 Å². The molecule has 18 nitrogen and oxygen atoms in total. The number of halogens is 1. The summed E-state index contributed by atoms with van der Waals surface area (Å²) in [5.41, 5.74) is 11.9. The van der Waals surface area contributed by atoms with Gasteiger partial charge in [0, 0.05) is 0 Å². The van der Waals surface area contributed by atoms with Crippen LogP contribution in [0, 0.1) is 0 Å². The Bertz CT molecular complexity index is 1210. The van der Waals surface area contributed by atoms with Crippen molar-refractivity contribution < 1.29 is 74.1 Å². The van der Waals surface area contributed by atoms with Crippen LogP contribution in [-0.2, 0) is 23.7 Å². The number of benzene rings is 1. The highest BCUT2D eigenvalue weighted by atomic mass is 79.9. The third-order valence-corrected chi connectivity index (χ3v) is 9.34. The first-order valence-electron chi connectivity index (χ1n) is 14.0. The average molecular weight is 710 g/mol. The molecule has 0 aromatic heterocycles. The lowest BCUT2D eigenvalue weighted by Gasteiger charge is -2.52. The predicted molar refractivity (Wildman–Crippen MR) is 148 cm³/mol. The zero-order valence-electron chi connectivity index (χ0n) is 23.4. The third kappa shape index (κ3) is 5.95. The molecule has 2 amide bonds. The summed E-state index contributed by atoms with van der Waals surface area (Å²) in [7, 11) is 0. The van der Waals surface area contributed by atoms with Crippen LogP contribution < -0.4 is 11.5 Å². The zero-order chi connectivity index (χ0) is 33.0. The number of rotatable bonds is 8. The molecule has 1 aromatic rings. The van der Waals surface area contributed by atoms with Crippen molar-refractivity contribution in [3.8, 4) is 0 Å². The molecule has 15 atom stereocenters. The number of fused-ring (bicyclic) bond motifs is 1. The summed E-state index contributed by atoms with van der Waals surface area (Å²) in [5.74, 6) is -1.72. The maximum absolute atomic E-state index is 13.6. The van der Waals surface area contributed by atoms with E-state index in [-0.39, 0.29) is 11.1 Å². The van der Waals surface area contributed by atoms with Crippen LogP contribution in [0.15, 0.2) is 24.3 Å². The minimum absolute atomic E-state index is 0.00731. The predicted octanol–water partition coefficient (Wildman–Crippen LogP) is -5.61. The molecular formula is C26H36BrN3O15. The molecule has 4 aliphatic heterocycles. The van der Waals surface area contributed by atoms with E-state index in [0.717, 1.165) is 0 Å². The van der Waals surface area contributed by atoms with Gasteiger partial charge < -0.3 is 76.0 Å². The fourth-order valence-corrected chi connectivity index (χ4v) is 6.64. The average Bonchev–Trinajstić information content (AvgIpc) is 3.28. The number of nitrogens with zero attached hydrogens (tertiary/aromatic N) is 1. The topological polar surface area (TPSA) is 297 Å². The van der Waals surface area contributed by atoms with Gasteiger partial charge in [-0.15, -0.1) is 0 Å². The van der Waals surface area contributed by atoms with Crippen LogP contribution in [0.3, 0.4) is 0 Å². The Morgan fingerprint density at radius 3 is 1.91 bits per heavy atom. The molecule has 4 heterocycles. The lowest BCUT2D eigenvalue weighted by molar-refractivity contribution is -0.360. The van der Waals surface area contributed by atoms with Gasteiger partial charge in [-0.2, -0.15) is 0 Å². The van der Waals surface area contributed by atoms with Crippen LogP contribution in [0.1, 0.15) is 20.7 Å². The minimum atomic E-state index is -2.22. The summed E-state index contributed by atoms with van der Waals surface area (Å²) in [6.45, 7) is -2.44. The Morgan fingerprint density at radius 1 is 0.800 bits per heavy atom. The molecule has 252 valence electrons. The minimum Gasteiger partial charge on any atom is -0.394 e. The van der Waals surface area contributed by atoms with Crippen molar-refractivity contribution in [2.45, 2.75) is 90.3 Å². The van der Waals surface area contributed by atoms with Gasteiger partial charge in [0.15, 0.2) is 12.6 Å². The molecule has 19 heteroatoms. The maximum Gasteiger partial charge on any atom is 0.262 e. The van der Waals surface area contributed by atoms with Gasteiger partial charge in [-0.25, -0.2) is 0 Å². The van der Waals surface area contributed by atoms with Gasteiger partial charge in [-0.05, 0) is 28.1 Å². The molecule has 12 N–H and O–H groups in total. The van der Waals surface area contributed by atoms with Crippen LogP contribution in [0.4, 0.5) is 0 Å². The lowest BCUT2D eigenvalue weighted by Crippen LogP contribution is -2.72. The highest BCUT2D eigenvalue weighted by Gasteiger charge is 2.60. The van der Waals surface area contributed by atoms with E-state index in [4.69, 9.17) is 35.2 Å². The van der Waals surface area contributed by atoms with Gasteiger partial charge in [0.2, 0.25) is 4.70 Å². The molecule has 0 spiro atoms. The highest BCUT2D eigenvalue weighted by Crippen LogP contribution is 2.41. The highest BCUT2D eigenvalue weighted by molar-refractivity contribution is 9.10. The van der Waals surface area contributed by atoms with Gasteiger partial charge in [-0.3, -0.25) is 14.5 Å². The van der Waals surface area contributed by atoms with Crippen LogP contribution in [-0.4, -0.2) is 168 Å². The van der Waals surface area contributed by atoms with Crippen LogP contribution in [0.5, 0.6) is 0 Å². The van der Waals surface area contributed by atoms with Crippen LogP contribution in [0.2, 0.25) is 0 Å². The van der Waals surface area contributed by atoms with E-state index in [9.17, 15) is 50.4 Å². The molecule has 3 fully saturated rings. The second-order valence-electron chi connectivity index (χ2n) is 11.2. The second-order valence-corrected chi connectivity index (χ2v) is 12.3. The van der Waals surface area contributed by atoms with Crippen molar-refractivity contribution >= 4 is 27.7 Å². The molecule has 3 saturated heterocycles. The van der Waals surface area contributed by atoms with E-state index in [1.807, 2.05) is 0 Å². The summed E-state index contributed by atoms with van der Waals surface area (Å²) in [5, 5.41) is 83.3. The Labute approximate surface area is 263 Å².